The van der Waals surface area contributed by atoms with Gasteiger partial charge in [-0.1, -0.05) is 55.5 Å². The smallest absolute Gasteiger partial charge is 0.335 e. The normalized spacial score (nSPS) is 11.0. The largest absolute Gasteiger partial charge is 0.493 e. The number of carbonyl (C=O) groups excluding carboxylic acids is 1. The van der Waals surface area contributed by atoms with Crippen molar-refractivity contribution >= 4 is 12.1 Å². The van der Waals surface area contributed by atoms with Gasteiger partial charge in [-0.25, -0.2) is 14.8 Å². The van der Waals surface area contributed by atoms with Crippen LogP contribution in [-0.2, 0) is 17.6 Å². The molecule has 154 valence electrons. The van der Waals surface area contributed by atoms with Gasteiger partial charge in [-0.2, -0.15) is 5.10 Å². The van der Waals surface area contributed by atoms with Crippen LogP contribution < -0.4 is 16.7 Å². The molecule has 0 saturated carbocycles. The predicted octanol–water partition coefficient (Wildman–Crippen LogP) is 1.88. The molecular weight excluding hydrogens is 384 g/mol. The van der Waals surface area contributed by atoms with Crippen LogP contribution in [0.5, 0.6) is 5.88 Å². The lowest BCUT2D eigenvalue weighted by atomic mass is 10.1. The van der Waals surface area contributed by atoms with Crippen LogP contribution in [0.15, 0.2) is 69.3 Å². The summed E-state index contributed by atoms with van der Waals surface area (Å²) in [6.07, 6.45) is 2.42. The molecule has 8 nitrogen and oxygen atoms in total. The van der Waals surface area contributed by atoms with E-state index in [0.717, 1.165) is 21.9 Å². The van der Waals surface area contributed by atoms with Crippen molar-refractivity contribution in [3.63, 3.8) is 0 Å². The van der Waals surface area contributed by atoms with Gasteiger partial charge in [0.15, 0.2) is 0 Å². The second kappa shape index (κ2) is 9.51. The molecule has 3 N–H and O–H groups in total. The Kier molecular flexibility index (Phi) is 6.59. The van der Waals surface area contributed by atoms with E-state index < -0.39 is 17.1 Å². The van der Waals surface area contributed by atoms with E-state index in [-0.39, 0.29) is 17.9 Å². The molecule has 1 heterocycles. The second-order valence-electron chi connectivity index (χ2n) is 6.59. The molecule has 0 aliphatic carbocycles. The molecule has 0 aliphatic rings. The van der Waals surface area contributed by atoms with E-state index in [2.05, 4.69) is 15.5 Å². The number of amides is 1. The SMILES string of the molecule is CCc1ccccc1-n1c(O)c(C=NNC(=O)CCc2ccccc2)c(=O)[nH]c1=O. The molecule has 0 radical (unpaired) electrons. The summed E-state index contributed by atoms with van der Waals surface area (Å²) in [5, 5.41) is 14.3. The van der Waals surface area contributed by atoms with Gasteiger partial charge < -0.3 is 5.11 Å². The van der Waals surface area contributed by atoms with Gasteiger partial charge in [0.05, 0.1) is 11.9 Å². The Morgan fingerprint density at radius 2 is 1.83 bits per heavy atom. The Hall–Kier alpha value is -3.94. The molecule has 1 amide bonds. The van der Waals surface area contributed by atoms with Crippen molar-refractivity contribution in [1.29, 1.82) is 0 Å². The van der Waals surface area contributed by atoms with Gasteiger partial charge in [0, 0.05) is 6.42 Å². The van der Waals surface area contributed by atoms with Crippen molar-refractivity contribution in [2.24, 2.45) is 5.10 Å². The van der Waals surface area contributed by atoms with Gasteiger partial charge in [-0.3, -0.25) is 14.6 Å². The van der Waals surface area contributed by atoms with Crippen molar-refractivity contribution in [1.82, 2.24) is 15.0 Å². The number of aromatic hydroxyl groups is 1. The maximum atomic E-state index is 12.3. The van der Waals surface area contributed by atoms with E-state index in [4.69, 9.17) is 0 Å². The van der Waals surface area contributed by atoms with E-state index in [0.29, 0.717) is 18.5 Å². The zero-order chi connectivity index (χ0) is 21.5. The predicted molar refractivity (Wildman–Crippen MR) is 114 cm³/mol. The highest BCUT2D eigenvalue weighted by atomic mass is 16.3. The third-order valence-corrected chi connectivity index (χ3v) is 4.60. The van der Waals surface area contributed by atoms with Crippen molar-refractivity contribution < 1.29 is 9.90 Å². The third-order valence-electron chi connectivity index (χ3n) is 4.60. The summed E-state index contributed by atoms with van der Waals surface area (Å²) in [6.45, 7) is 1.92. The number of carbonyl (C=O) groups is 1. The lowest BCUT2D eigenvalue weighted by molar-refractivity contribution is -0.121. The summed E-state index contributed by atoms with van der Waals surface area (Å²) < 4.78 is 1.01. The summed E-state index contributed by atoms with van der Waals surface area (Å²) >= 11 is 0. The quantitative estimate of drug-likeness (QED) is 0.410. The van der Waals surface area contributed by atoms with Crippen molar-refractivity contribution in [2.45, 2.75) is 26.2 Å². The molecule has 8 heteroatoms. The Labute approximate surface area is 172 Å². The molecule has 0 fully saturated rings. The second-order valence-corrected chi connectivity index (χ2v) is 6.59. The molecule has 0 spiro atoms. The molecule has 0 saturated heterocycles. The number of benzene rings is 2. The number of aromatic amines is 1. The molecule has 2 aromatic carbocycles. The first-order valence-corrected chi connectivity index (χ1v) is 9.53. The van der Waals surface area contributed by atoms with Crippen LogP contribution in [0.1, 0.15) is 30.0 Å². The lowest BCUT2D eigenvalue weighted by Crippen LogP contribution is -2.32. The van der Waals surface area contributed by atoms with Crippen molar-refractivity contribution in [3.05, 3.63) is 92.1 Å². The zero-order valence-corrected chi connectivity index (χ0v) is 16.5. The van der Waals surface area contributed by atoms with Crippen LogP contribution in [-0.4, -0.2) is 26.8 Å². The Balaban J connectivity index is 1.80. The molecule has 3 rings (SSSR count). The molecule has 0 bridgehead atoms. The Bertz CT molecular complexity index is 1180. The van der Waals surface area contributed by atoms with E-state index in [1.54, 1.807) is 12.1 Å². The van der Waals surface area contributed by atoms with Gasteiger partial charge in [0.25, 0.3) is 5.56 Å². The molecule has 30 heavy (non-hydrogen) atoms. The van der Waals surface area contributed by atoms with E-state index in [9.17, 15) is 19.5 Å². The zero-order valence-electron chi connectivity index (χ0n) is 16.5. The van der Waals surface area contributed by atoms with Gasteiger partial charge in [-0.15, -0.1) is 0 Å². The van der Waals surface area contributed by atoms with E-state index >= 15 is 0 Å². The van der Waals surface area contributed by atoms with Crippen molar-refractivity contribution in [2.75, 3.05) is 0 Å². The molecule has 3 aromatic rings. The highest BCUT2D eigenvalue weighted by Gasteiger charge is 2.16. The van der Waals surface area contributed by atoms with Gasteiger partial charge in [-0.05, 0) is 30.0 Å². The van der Waals surface area contributed by atoms with Gasteiger partial charge in [0.2, 0.25) is 11.8 Å². The monoisotopic (exact) mass is 406 g/mol. The number of H-pyrrole nitrogens is 1. The van der Waals surface area contributed by atoms with Crippen LogP contribution in [0, 0.1) is 0 Å². The first-order valence-electron chi connectivity index (χ1n) is 9.53. The minimum atomic E-state index is -0.801. The Morgan fingerprint density at radius 1 is 1.13 bits per heavy atom. The number of nitrogens with one attached hydrogen (secondary N) is 2. The number of para-hydroxylation sites is 1. The lowest BCUT2D eigenvalue weighted by Gasteiger charge is -2.13. The van der Waals surface area contributed by atoms with E-state index in [1.165, 1.54) is 0 Å². The standard InChI is InChI=1S/C22H22N4O4/c1-2-16-10-6-7-11-18(16)26-21(29)17(20(28)24-22(26)30)14-23-25-19(27)13-12-15-8-4-3-5-9-15/h3-11,14,29H,2,12-13H2,1H3,(H,25,27)(H,24,28,30). The fraction of sp³-hybridized carbons (Fsp3) is 0.182. The first-order chi connectivity index (χ1) is 14.5. The maximum absolute atomic E-state index is 12.3. The number of hydrazone groups is 1. The first kappa shape index (κ1) is 20.8. The Morgan fingerprint density at radius 3 is 2.57 bits per heavy atom. The molecule has 0 atom stereocenters. The van der Waals surface area contributed by atoms with Crippen LogP contribution >= 0.6 is 0 Å². The van der Waals surface area contributed by atoms with Crippen molar-refractivity contribution in [3.8, 4) is 11.6 Å². The number of hydrogen-bond donors (Lipinski definition) is 3. The number of rotatable bonds is 7. The number of aryl methyl sites for hydroxylation is 2. The van der Waals surface area contributed by atoms with Crippen LogP contribution in [0.25, 0.3) is 5.69 Å². The minimum absolute atomic E-state index is 0.215. The topological polar surface area (TPSA) is 117 Å². The molecule has 1 aromatic heterocycles. The fourth-order valence-corrected chi connectivity index (χ4v) is 3.03. The average molecular weight is 406 g/mol. The fourth-order valence-electron chi connectivity index (χ4n) is 3.03. The summed E-state index contributed by atoms with van der Waals surface area (Å²) in [5.74, 6) is -0.886. The third kappa shape index (κ3) is 4.72. The van der Waals surface area contributed by atoms with Crippen LogP contribution in [0.3, 0.4) is 0 Å². The summed E-state index contributed by atoms with van der Waals surface area (Å²) in [7, 11) is 0. The average Bonchev–Trinajstić information content (AvgIpc) is 2.75. The highest BCUT2D eigenvalue weighted by Crippen LogP contribution is 2.19. The van der Waals surface area contributed by atoms with Gasteiger partial charge >= 0.3 is 5.69 Å². The highest BCUT2D eigenvalue weighted by molar-refractivity contribution is 5.84. The number of hydrogen-bond acceptors (Lipinski definition) is 5. The van der Waals surface area contributed by atoms with E-state index in [1.807, 2.05) is 49.4 Å². The molecular formula is C22H22N4O4. The number of aromatic nitrogens is 2. The maximum Gasteiger partial charge on any atom is 0.335 e. The van der Waals surface area contributed by atoms with Crippen LogP contribution in [0.4, 0.5) is 0 Å². The molecule has 0 aliphatic heterocycles. The summed E-state index contributed by atoms with van der Waals surface area (Å²) in [4.78, 5) is 38.6. The summed E-state index contributed by atoms with van der Waals surface area (Å²) in [5.41, 5.74) is 2.83. The van der Waals surface area contributed by atoms with Gasteiger partial charge in [0.1, 0.15) is 5.56 Å². The molecule has 0 unspecified atom stereocenters. The minimum Gasteiger partial charge on any atom is -0.493 e. The van der Waals surface area contributed by atoms with Crippen LogP contribution in [0.2, 0.25) is 0 Å². The number of nitrogens with zero attached hydrogens (tertiary/aromatic N) is 2. The summed E-state index contributed by atoms with van der Waals surface area (Å²) in [6, 6.07) is 16.6.